The number of imidazole rings is 1. The van der Waals surface area contributed by atoms with E-state index in [1.807, 2.05) is 13.8 Å². The minimum Gasteiger partial charge on any atom is -0.322 e. The third-order valence-electron chi connectivity index (χ3n) is 7.87. The lowest BCUT2D eigenvalue weighted by atomic mass is 9.78. The van der Waals surface area contributed by atoms with E-state index in [4.69, 9.17) is 4.98 Å². The van der Waals surface area contributed by atoms with E-state index >= 15 is 0 Å². The van der Waals surface area contributed by atoms with Gasteiger partial charge in [-0.05, 0) is 68.4 Å². The molecule has 5 rings (SSSR count). The average Bonchev–Trinajstić information content (AvgIpc) is 2.98. The van der Waals surface area contributed by atoms with Crippen LogP contribution in [0.1, 0.15) is 88.7 Å². The van der Waals surface area contributed by atoms with Gasteiger partial charge in [0.05, 0.1) is 11.2 Å². The van der Waals surface area contributed by atoms with Gasteiger partial charge in [-0.3, -0.25) is 0 Å². The molecule has 1 aromatic carbocycles. The van der Waals surface area contributed by atoms with Crippen LogP contribution in [0.5, 0.6) is 0 Å². The first-order valence-corrected chi connectivity index (χ1v) is 11.2. The fraction of sp³-hybridized carbons (Fsp3) is 0.640. The van der Waals surface area contributed by atoms with E-state index in [1.165, 1.54) is 67.7 Å². The molecule has 2 nitrogen and oxygen atoms in total. The summed E-state index contributed by atoms with van der Waals surface area (Å²) in [7, 11) is 0. The van der Waals surface area contributed by atoms with Crippen molar-refractivity contribution in [1.29, 1.82) is 0 Å². The van der Waals surface area contributed by atoms with Crippen molar-refractivity contribution < 1.29 is 0 Å². The Labute approximate surface area is 165 Å². The van der Waals surface area contributed by atoms with Gasteiger partial charge >= 0.3 is 0 Å². The molecule has 27 heavy (non-hydrogen) atoms. The van der Waals surface area contributed by atoms with Crippen molar-refractivity contribution in [3.63, 3.8) is 0 Å². The monoisotopic (exact) mass is 364 g/mol. The maximum absolute atomic E-state index is 5.14. The molecule has 0 amide bonds. The van der Waals surface area contributed by atoms with Gasteiger partial charge in [0.1, 0.15) is 5.82 Å². The minimum atomic E-state index is 0.293. The maximum atomic E-state index is 5.14. The highest BCUT2D eigenvalue weighted by Crippen LogP contribution is 2.60. The van der Waals surface area contributed by atoms with Crippen molar-refractivity contribution >= 4 is 0 Å². The molecule has 2 fully saturated rings. The lowest BCUT2D eigenvalue weighted by Crippen LogP contribution is -2.38. The van der Waals surface area contributed by atoms with Gasteiger partial charge in [0, 0.05) is 11.3 Å². The second-order valence-electron chi connectivity index (χ2n) is 9.00. The first kappa shape index (κ1) is 18.8. The normalized spacial score (nSPS) is 27.0. The van der Waals surface area contributed by atoms with Crippen LogP contribution in [0.3, 0.4) is 0 Å². The van der Waals surface area contributed by atoms with Crippen LogP contribution in [0, 0.1) is 19.8 Å². The van der Waals surface area contributed by atoms with E-state index in [1.54, 1.807) is 11.1 Å². The Hall–Kier alpha value is -1.57. The fourth-order valence-electron chi connectivity index (χ4n) is 6.20. The second-order valence-corrected chi connectivity index (χ2v) is 9.00. The minimum absolute atomic E-state index is 0.293. The van der Waals surface area contributed by atoms with Gasteiger partial charge in [-0.1, -0.05) is 58.7 Å². The van der Waals surface area contributed by atoms with Crippen LogP contribution in [0.25, 0.3) is 11.4 Å². The fourth-order valence-corrected chi connectivity index (χ4v) is 6.20. The maximum Gasteiger partial charge on any atom is 0.141 e. The Morgan fingerprint density at radius 1 is 1.15 bits per heavy atom. The zero-order valence-electron chi connectivity index (χ0n) is 18.2. The number of rotatable bonds is 2. The Balaban J connectivity index is 0.000000872. The smallest absolute Gasteiger partial charge is 0.141 e. The van der Waals surface area contributed by atoms with Crippen LogP contribution >= 0.6 is 0 Å². The Bertz CT molecular complexity index is 849. The molecule has 3 aliphatic rings. The number of fused-ring (bicyclic) bond motifs is 4. The molecule has 0 bridgehead atoms. The highest BCUT2D eigenvalue weighted by molar-refractivity contribution is 5.71. The van der Waals surface area contributed by atoms with Crippen LogP contribution < -0.4 is 0 Å². The molecule has 1 aromatic heterocycles. The second kappa shape index (κ2) is 6.50. The molecule has 146 valence electrons. The lowest BCUT2D eigenvalue weighted by molar-refractivity contribution is 0.281. The van der Waals surface area contributed by atoms with E-state index < -0.39 is 0 Å². The highest BCUT2D eigenvalue weighted by Gasteiger charge is 2.53. The van der Waals surface area contributed by atoms with Gasteiger partial charge in [-0.2, -0.15) is 0 Å². The predicted molar refractivity (Wildman–Crippen MR) is 114 cm³/mol. The molecule has 2 saturated carbocycles. The number of aryl methyl sites for hydroxylation is 1. The van der Waals surface area contributed by atoms with Crippen LogP contribution in [0.4, 0.5) is 0 Å². The van der Waals surface area contributed by atoms with Gasteiger partial charge < -0.3 is 4.57 Å². The molecule has 2 aromatic rings. The number of benzene rings is 1. The van der Waals surface area contributed by atoms with E-state index in [2.05, 4.69) is 50.5 Å². The molecule has 0 N–H and O–H groups in total. The van der Waals surface area contributed by atoms with E-state index in [0.29, 0.717) is 11.0 Å². The van der Waals surface area contributed by atoms with Gasteiger partial charge in [-0.25, -0.2) is 4.98 Å². The summed E-state index contributed by atoms with van der Waals surface area (Å²) in [5.74, 6) is 2.08. The predicted octanol–water partition coefficient (Wildman–Crippen LogP) is 6.71. The molecular weight excluding hydrogens is 328 g/mol. The summed E-state index contributed by atoms with van der Waals surface area (Å²) in [6.07, 6.45) is 9.14. The molecule has 2 atom stereocenters. The zero-order chi connectivity index (χ0) is 19.4. The highest BCUT2D eigenvalue weighted by atomic mass is 15.2. The molecular formula is C25H36N2. The van der Waals surface area contributed by atoms with Gasteiger partial charge in [0.2, 0.25) is 0 Å². The summed E-state index contributed by atoms with van der Waals surface area (Å²) in [6.45, 7) is 13.3. The standard InChI is InChI=1S/C23H30N2.C2H6/c1-5-23(13-15(23)2)19-10-8-9-18-14-22(11-6-7-12-22)25-17(4)16(3)24-21(25)20(18)19;1-2/h8-10,15H,5-7,11-14H2,1-4H3;1-2H3. The zero-order valence-corrected chi connectivity index (χ0v) is 18.2. The van der Waals surface area contributed by atoms with Crippen molar-refractivity contribution in [3.8, 4) is 11.4 Å². The van der Waals surface area contributed by atoms with Crippen LogP contribution in [-0.4, -0.2) is 9.55 Å². The van der Waals surface area contributed by atoms with Crippen molar-refractivity contribution in [2.45, 2.75) is 97.4 Å². The van der Waals surface area contributed by atoms with Gasteiger partial charge in [0.25, 0.3) is 0 Å². The largest absolute Gasteiger partial charge is 0.322 e. The van der Waals surface area contributed by atoms with Crippen molar-refractivity contribution in [3.05, 3.63) is 40.7 Å². The first-order valence-electron chi connectivity index (χ1n) is 11.2. The average molecular weight is 365 g/mol. The Morgan fingerprint density at radius 3 is 2.41 bits per heavy atom. The Morgan fingerprint density at radius 2 is 1.81 bits per heavy atom. The van der Waals surface area contributed by atoms with Crippen LogP contribution in [0.2, 0.25) is 0 Å². The third kappa shape index (κ3) is 2.48. The van der Waals surface area contributed by atoms with Crippen LogP contribution in [0.15, 0.2) is 18.2 Å². The summed E-state index contributed by atoms with van der Waals surface area (Å²) < 4.78 is 2.66. The topological polar surface area (TPSA) is 17.8 Å². The first-order chi connectivity index (χ1) is 13.0. The molecule has 1 aliphatic heterocycles. The quantitative estimate of drug-likeness (QED) is 0.579. The summed E-state index contributed by atoms with van der Waals surface area (Å²) in [6, 6.07) is 7.11. The van der Waals surface area contributed by atoms with Gasteiger partial charge in [-0.15, -0.1) is 0 Å². The number of nitrogens with zero attached hydrogens (tertiary/aromatic N) is 2. The Kier molecular flexibility index (Phi) is 4.52. The van der Waals surface area contributed by atoms with Crippen molar-refractivity contribution in [1.82, 2.24) is 9.55 Å². The summed E-state index contributed by atoms with van der Waals surface area (Å²) in [4.78, 5) is 5.14. The molecule has 0 radical (unpaired) electrons. The number of aromatic nitrogens is 2. The van der Waals surface area contributed by atoms with Crippen LogP contribution in [-0.2, 0) is 17.4 Å². The lowest BCUT2D eigenvalue weighted by Gasteiger charge is -2.39. The summed E-state index contributed by atoms with van der Waals surface area (Å²) in [5.41, 5.74) is 7.93. The molecule has 2 heterocycles. The van der Waals surface area contributed by atoms with Gasteiger partial charge in [0.15, 0.2) is 0 Å². The van der Waals surface area contributed by atoms with Crippen molar-refractivity contribution in [2.75, 3.05) is 0 Å². The molecule has 2 heteroatoms. The number of hydrogen-bond donors (Lipinski definition) is 0. The molecule has 0 saturated heterocycles. The molecule has 2 unspecified atom stereocenters. The summed E-state index contributed by atoms with van der Waals surface area (Å²) >= 11 is 0. The van der Waals surface area contributed by atoms with E-state index in [0.717, 1.165) is 5.92 Å². The van der Waals surface area contributed by atoms with E-state index in [-0.39, 0.29) is 0 Å². The van der Waals surface area contributed by atoms with Crippen molar-refractivity contribution in [2.24, 2.45) is 5.92 Å². The third-order valence-corrected chi connectivity index (χ3v) is 7.87. The SMILES string of the molecule is CC.CCC1(c2cccc3c2-c2nc(C)c(C)n2C2(CCCC2)C3)CC1C. The molecule has 1 spiro atoms. The number of hydrogen-bond acceptors (Lipinski definition) is 1. The molecule has 2 aliphatic carbocycles. The van der Waals surface area contributed by atoms with E-state index in [9.17, 15) is 0 Å². The summed E-state index contributed by atoms with van der Waals surface area (Å²) in [5, 5.41) is 0.